The summed E-state index contributed by atoms with van der Waals surface area (Å²) in [5.41, 5.74) is 1.07. The number of ketones is 2. The van der Waals surface area contributed by atoms with E-state index >= 15 is 0 Å². The van der Waals surface area contributed by atoms with Crippen molar-refractivity contribution in [1.29, 1.82) is 5.41 Å². The Morgan fingerprint density at radius 3 is 2.62 bits per heavy atom. The smallest absolute Gasteiger partial charge is 0.222 e. The van der Waals surface area contributed by atoms with E-state index in [-0.39, 0.29) is 66.1 Å². The van der Waals surface area contributed by atoms with Gasteiger partial charge in [0.15, 0.2) is 11.6 Å². The quantitative estimate of drug-likeness (QED) is 0.222. The van der Waals surface area contributed by atoms with Crippen molar-refractivity contribution in [3.63, 3.8) is 0 Å². The number of carbonyl (C=O) groups excluding carboxylic acids is 3. The zero-order chi connectivity index (χ0) is 24.8. The van der Waals surface area contributed by atoms with Gasteiger partial charge in [-0.2, -0.15) is 0 Å². The Kier molecular flexibility index (Phi) is 8.21. The Bertz CT molecular complexity index is 1170. The van der Waals surface area contributed by atoms with Crippen LogP contribution in [0.2, 0.25) is 0 Å². The molecule has 0 spiro atoms. The highest BCUT2D eigenvalue weighted by Crippen LogP contribution is 2.39. The lowest BCUT2D eigenvalue weighted by atomic mass is 9.96. The Labute approximate surface area is 199 Å². The van der Waals surface area contributed by atoms with Crippen molar-refractivity contribution >= 4 is 40.0 Å². The summed E-state index contributed by atoms with van der Waals surface area (Å²) in [5.74, 6) is -0.826. The molecule has 3 rings (SSSR count). The summed E-state index contributed by atoms with van der Waals surface area (Å²) in [5, 5.41) is 30.3. The highest BCUT2D eigenvalue weighted by molar-refractivity contribution is 6.43. The molecule has 0 saturated heterocycles. The first-order valence-electron chi connectivity index (χ1n) is 11.8. The molecule has 34 heavy (non-hydrogen) atoms. The number of nitrogens with one attached hydrogen (secondary N) is 1. The number of aromatic hydroxyl groups is 2. The van der Waals surface area contributed by atoms with Crippen LogP contribution in [0.1, 0.15) is 69.4 Å². The van der Waals surface area contributed by atoms with Crippen molar-refractivity contribution in [2.45, 2.75) is 64.8 Å². The lowest BCUT2D eigenvalue weighted by Crippen LogP contribution is -2.26. The third-order valence-electron chi connectivity index (χ3n) is 6.29. The second-order valence-corrected chi connectivity index (χ2v) is 8.90. The van der Waals surface area contributed by atoms with Crippen LogP contribution in [0.15, 0.2) is 29.8 Å². The first kappa shape index (κ1) is 25.1. The molecule has 180 valence electrons. The number of benzene rings is 2. The lowest BCUT2D eigenvalue weighted by molar-refractivity contribution is -0.130. The minimum absolute atomic E-state index is 0.0197. The van der Waals surface area contributed by atoms with Crippen molar-refractivity contribution in [2.24, 2.45) is 0 Å². The van der Waals surface area contributed by atoms with Gasteiger partial charge in [-0.15, -0.1) is 0 Å². The number of hydrogen-bond acceptors (Lipinski definition) is 6. The molecule has 1 aliphatic rings. The van der Waals surface area contributed by atoms with Crippen LogP contribution in [0.3, 0.4) is 0 Å². The van der Waals surface area contributed by atoms with Gasteiger partial charge in [0.2, 0.25) is 5.91 Å². The Hall–Kier alpha value is -3.48. The van der Waals surface area contributed by atoms with Crippen molar-refractivity contribution in [1.82, 2.24) is 4.90 Å². The van der Waals surface area contributed by atoms with Gasteiger partial charge in [0, 0.05) is 42.8 Å². The summed E-state index contributed by atoms with van der Waals surface area (Å²) in [6.07, 6.45) is 5.98. The van der Waals surface area contributed by atoms with Crippen molar-refractivity contribution < 1.29 is 24.6 Å². The molecule has 1 fully saturated rings. The molecule has 0 radical (unpaired) electrons. The number of unbranched alkanes of at least 4 members (excludes halogenated alkanes) is 3. The third-order valence-corrected chi connectivity index (χ3v) is 6.29. The number of phenols is 2. The number of Topliss-reactive ketones (excluding diaryl/α,β-unsaturated/α-hetero) is 2. The fourth-order valence-corrected chi connectivity index (χ4v) is 4.26. The number of phenolic OH excluding ortho intramolecular Hbond substituents is 2. The lowest BCUT2D eigenvalue weighted by Gasteiger charge is -2.20. The summed E-state index contributed by atoms with van der Waals surface area (Å²) < 4.78 is 0. The molecular formula is C27H32N2O5. The van der Waals surface area contributed by atoms with Gasteiger partial charge in [-0.25, -0.2) is 0 Å². The van der Waals surface area contributed by atoms with E-state index < -0.39 is 0 Å². The fourth-order valence-electron chi connectivity index (χ4n) is 4.26. The average molecular weight is 465 g/mol. The van der Waals surface area contributed by atoms with Crippen LogP contribution >= 0.6 is 0 Å². The summed E-state index contributed by atoms with van der Waals surface area (Å²) in [6, 6.07) is 6.65. The SMILES string of the molecule is CCCCCCC(=O)N(C)Cc1cccc2c(O)cc(/C=C3\CCC(=O)C(=N)CC3=O)c(O)c12. The van der Waals surface area contributed by atoms with Gasteiger partial charge >= 0.3 is 0 Å². The van der Waals surface area contributed by atoms with E-state index in [2.05, 4.69) is 6.92 Å². The minimum atomic E-state index is -0.355. The summed E-state index contributed by atoms with van der Waals surface area (Å²) in [7, 11) is 1.72. The van der Waals surface area contributed by atoms with Crippen molar-refractivity contribution in [3.05, 3.63) is 41.0 Å². The first-order chi connectivity index (χ1) is 16.2. The molecule has 3 N–H and O–H groups in total. The van der Waals surface area contributed by atoms with Crippen LogP contribution < -0.4 is 0 Å². The molecule has 0 unspecified atom stereocenters. The van der Waals surface area contributed by atoms with E-state index in [0.717, 1.165) is 25.7 Å². The third kappa shape index (κ3) is 5.71. The number of allylic oxidation sites excluding steroid dienone is 1. The van der Waals surface area contributed by atoms with E-state index in [1.807, 2.05) is 0 Å². The standard InChI is InChI=1S/C27H32N2O5/c1-3-4-5-6-10-25(33)29(2)16-18-8-7-9-20-24(32)14-19(27(34)26(18)20)13-17-11-12-22(30)21(28)15-23(17)31/h7-9,13-14,28,32,34H,3-6,10-12,15-16H2,1-2H3/b17-13+,28-21?. The zero-order valence-corrected chi connectivity index (χ0v) is 19.8. The van der Waals surface area contributed by atoms with Crippen molar-refractivity contribution in [2.75, 3.05) is 7.05 Å². The van der Waals surface area contributed by atoms with Gasteiger partial charge in [0.1, 0.15) is 11.5 Å². The van der Waals surface area contributed by atoms with Gasteiger partial charge in [0.25, 0.3) is 0 Å². The Morgan fingerprint density at radius 2 is 1.88 bits per heavy atom. The molecule has 2 aromatic carbocycles. The van der Waals surface area contributed by atoms with Gasteiger partial charge in [0.05, 0.1) is 12.1 Å². The van der Waals surface area contributed by atoms with Crippen LogP contribution in [0, 0.1) is 5.41 Å². The molecule has 1 amide bonds. The second kappa shape index (κ2) is 11.1. The van der Waals surface area contributed by atoms with Gasteiger partial charge in [-0.05, 0) is 36.1 Å². The monoisotopic (exact) mass is 464 g/mol. The molecule has 1 aliphatic carbocycles. The maximum atomic E-state index is 12.6. The average Bonchev–Trinajstić information content (AvgIpc) is 2.92. The van der Waals surface area contributed by atoms with Crippen molar-refractivity contribution in [3.8, 4) is 11.5 Å². The number of carbonyl (C=O) groups is 3. The van der Waals surface area contributed by atoms with Gasteiger partial charge < -0.3 is 20.5 Å². The van der Waals surface area contributed by atoms with Gasteiger partial charge in [-0.1, -0.05) is 44.4 Å². The normalized spacial score (nSPS) is 15.7. The molecule has 7 nitrogen and oxygen atoms in total. The Balaban J connectivity index is 1.94. The summed E-state index contributed by atoms with van der Waals surface area (Å²) >= 11 is 0. The molecule has 2 aromatic rings. The predicted octanol–water partition coefficient (Wildman–Crippen LogP) is 4.91. The van der Waals surface area contributed by atoms with Crippen LogP contribution in [0.5, 0.6) is 11.5 Å². The molecule has 0 aliphatic heterocycles. The van der Waals surface area contributed by atoms with Crippen LogP contribution in [0.25, 0.3) is 16.8 Å². The number of fused-ring (bicyclic) bond motifs is 1. The Morgan fingerprint density at radius 1 is 1.12 bits per heavy atom. The highest BCUT2D eigenvalue weighted by Gasteiger charge is 2.24. The fraction of sp³-hybridized carbons (Fsp3) is 0.407. The molecule has 0 heterocycles. The largest absolute Gasteiger partial charge is 0.507 e. The number of hydrogen-bond donors (Lipinski definition) is 3. The van der Waals surface area contributed by atoms with E-state index in [1.54, 1.807) is 30.1 Å². The maximum absolute atomic E-state index is 12.6. The van der Waals surface area contributed by atoms with E-state index in [0.29, 0.717) is 28.3 Å². The zero-order valence-electron chi connectivity index (χ0n) is 19.8. The number of nitrogens with zero attached hydrogens (tertiary/aromatic N) is 1. The maximum Gasteiger partial charge on any atom is 0.222 e. The molecular weight excluding hydrogens is 432 g/mol. The minimum Gasteiger partial charge on any atom is -0.507 e. The summed E-state index contributed by atoms with van der Waals surface area (Å²) in [6.45, 7) is 2.39. The molecule has 1 saturated carbocycles. The summed E-state index contributed by atoms with van der Waals surface area (Å²) in [4.78, 5) is 38.5. The van der Waals surface area contributed by atoms with Crippen LogP contribution in [0.4, 0.5) is 0 Å². The number of rotatable bonds is 8. The molecule has 0 bridgehead atoms. The molecule has 0 aromatic heterocycles. The van der Waals surface area contributed by atoms with Crippen LogP contribution in [-0.4, -0.2) is 45.3 Å². The molecule has 0 atom stereocenters. The second-order valence-electron chi connectivity index (χ2n) is 8.90. The highest BCUT2D eigenvalue weighted by atomic mass is 16.3. The topological polar surface area (TPSA) is 119 Å². The van der Waals surface area contributed by atoms with Gasteiger partial charge in [-0.3, -0.25) is 14.4 Å². The van der Waals surface area contributed by atoms with E-state index in [9.17, 15) is 24.6 Å². The van der Waals surface area contributed by atoms with E-state index in [4.69, 9.17) is 5.41 Å². The van der Waals surface area contributed by atoms with Crippen LogP contribution in [-0.2, 0) is 20.9 Å². The molecule has 7 heteroatoms. The van der Waals surface area contributed by atoms with E-state index in [1.165, 1.54) is 12.1 Å². The number of amides is 1. The predicted molar refractivity (Wildman–Crippen MR) is 132 cm³/mol. The first-order valence-corrected chi connectivity index (χ1v) is 11.8.